The van der Waals surface area contributed by atoms with Gasteiger partial charge in [0.05, 0.1) is 12.2 Å². The second kappa shape index (κ2) is 9.88. The molecule has 4 atom stereocenters. The van der Waals surface area contributed by atoms with E-state index in [1.165, 1.54) is 0 Å². The lowest BCUT2D eigenvalue weighted by Crippen LogP contribution is -2.49. The van der Waals surface area contributed by atoms with Gasteiger partial charge in [-0.15, -0.1) is 24.8 Å². The summed E-state index contributed by atoms with van der Waals surface area (Å²) in [4.78, 5) is 0. The molecular weight excluding hydrogens is 235 g/mol. The van der Waals surface area contributed by atoms with Crippen molar-refractivity contribution in [2.75, 3.05) is 13.1 Å². The maximum atomic E-state index is 9.09. The summed E-state index contributed by atoms with van der Waals surface area (Å²) < 4.78 is 0. The van der Waals surface area contributed by atoms with E-state index < -0.39 is 24.4 Å². The Kier molecular flexibility index (Phi) is 14.0. The normalized spacial score (nSPS) is 18.4. The minimum absolute atomic E-state index is 0. The van der Waals surface area contributed by atoms with Crippen molar-refractivity contribution >= 4 is 24.8 Å². The fourth-order valence-electron chi connectivity index (χ4n) is 0.734. The first kappa shape index (κ1) is 19.8. The molecular formula is C6H18Cl2N2O4. The molecule has 0 aromatic carbocycles. The zero-order chi connectivity index (χ0) is 9.72. The van der Waals surface area contributed by atoms with E-state index in [0.29, 0.717) is 0 Å². The van der Waals surface area contributed by atoms with Crippen LogP contribution in [0.25, 0.3) is 0 Å². The first-order valence-electron chi connectivity index (χ1n) is 3.67. The molecule has 90 valence electrons. The average Bonchev–Trinajstić information content (AvgIpc) is 2.12. The molecule has 0 aliphatic rings. The Balaban J connectivity index is -0.000000605. The van der Waals surface area contributed by atoms with Crippen LogP contribution < -0.4 is 11.5 Å². The van der Waals surface area contributed by atoms with Crippen molar-refractivity contribution in [3.8, 4) is 0 Å². The molecule has 0 aliphatic heterocycles. The predicted octanol–water partition coefficient (Wildman–Crippen LogP) is -2.81. The number of aliphatic hydroxyl groups excluding tert-OH is 4. The van der Waals surface area contributed by atoms with E-state index in [2.05, 4.69) is 0 Å². The summed E-state index contributed by atoms with van der Waals surface area (Å²) in [5.41, 5.74) is 10.0. The van der Waals surface area contributed by atoms with Crippen molar-refractivity contribution in [2.45, 2.75) is 24.4 Å². The van der Waals surface area contributed by atoms with Crippen LogP contribution in [0.15, 0.2) is 0 Å². The van der Waals surface area contributed by atoms with E-state index in [9.17, 15) is 0 Å². The number of hydrogen-bond acceptors (Lipinski definition) is 6. The van der Waals surface area contributed by atoms with Crippen LogP contribution in [0.1, 0.15) is 0 Å². The van der Waals surface area contributed by atoms with E-state index in [1.807, 2.05) is 0 Å². The molecule has 0 saturated carbocycles. The zero-order valence-electron chi connectivity index (χ0n) is 7.48. The van der Waals surface area contributed by atoms with E-state index in [4.69, 9.17) is 31.9 Å². The molecule has 14 heavy (non-hydrogen) atoms. The van der Waals surface area contributed by atoms with Gasteiger partial charge in [0.2, 0.25) is 0 Å². The molecule has 0 aromatic heterocycles. The first-order valence-corrected chi connectivity index (χ1v) is 3.67. The largest absolute Gasteiger partial charge is 0.389 e. The van der Waals surface area contributed by atoms with Crippen LogP contribution >= 0.6 is 24.8 Å². The van der Waals surface area contributed by atoms with E-state index in [1.54, 1.807) is 0 Å². The molecule has 0 radical (unpaired) electrons. The number of nitrogens with two attached hydrogens (primary N) is 2. The van der Waals surface area contributed by atoms with Crippen LogP contribution in [-0.2, 0) is 0 Å². The quantitative estimate of drug-likeness (QED) is 0.313. The van der Waals surface area contributed by atoms with Gasteiger partial charge in [0.25, 0.3) is 0 Å². The van der Waals surface area contributed by atoms with Crippen molar-refractivity contribution in [3.63, 3.8) is 0 Å². The molecule has 0 saturated heterocycles. The van der Waals surface area contributed by atoms with Gasteiger partial charge < -0.3 is 31.9 Å². The number of hydrogen-bond donors (Lipinski definition) is 6. The minimum atomic E-state index is -1.46. The lowest BCUT2D eigenvalue weighted by Gasteiger charge is -2.24. The molecule has 0 heterocycles. The molecule has 0 rings (SSSR count). The Bertz CT molecular complexity index is 118. The molecule has 0 bridgehead atoms. The summed E-state index contributed by atoms with van der Waals surface area (Å²) in [5, 5.41) is 36.1. The molecule has 0 aromatic rings. The van der Waals surface area contributed by atoms with Gasteiger partial charge >= 0.3 is 0 Å². The van der Waals surface area contributed by atoms with Crippen LogP contribution in [0.5, 0.6) is 0 Å². The molecule has 8 N–H and O–H groups in total. The third kappa shape index (κ3) is 5.94. The van der Waals surface area contributed by atoms with Crippen molar-refractivity contribution in [2.24, 2.45) is 11.5 Å². The number of halogens is 2. The lowest BCUT2D eigenvalue weighted by atomic mass is 10.0. The van der Waals surface area contributed by atoms with Crippen molar-refractivity contribution in [3.05, 3.63) is 0 Å². The van der Waals surface area contributed by atoms with Crippen LogP contribution in [-0.4, -0.2) is 57.9 Å². The van der Waals surface area contributed by atoms with Crippen LogP contribution in [0.3, 0.4) is 0 Å². The Morgan fingerprint density at radius 3 is 1.07 bits per heavy atom. The van der Waals surface area contributed by atoms with Gasteiger partial charge in [-0.25, -0.2) is 0 Å². The van der Waals surface area contributed by atoms with E-state index in [0.717, 1.165) is 0 Å². The van der Waals surface area contributed by atoms with Gasteiger partial charge in [0, 0.05) is 13.1 Å². The van der Waals surface area contributed by atoms with Gasteiger partial charge in [0.15, 0.2) is 0 Å². The minimum Gasteiger partial charge on any atom is -0.389 e. The van der Waals surface area contributed by atoms with Crippen molar-refractivity contribution < 1.29 is 20.4 Å². The SMILES string of the molecule is Cl.Cl.NC[C@@H](O)[C@@H](O)[C@H](O)[C@@H](O)CN. The van der Waals surface area contributed by atoms with Crippen molar-refractivity contribution in [1.29, 1.82) is 0 Å². The molecule has 0 spiro atoms. The summed E-state index contributed by atoms with van der Waals surface area (Å²) in [5.74, 6) is 0. The molecule has 0 aliphatic carbocycles. The molecule has 0 fully saturated rings. The van der Waals surface area contributed by atoms with Crippen LogP contribution in [0.2, 0.25) is 0 Å². The summed E-state index contributed by atoms with van der Waals surface area (Å²) in [7, 11) is 0. The smallest absolute Gasteiger partial charge is 0.110 e. The molecule has 6 nitrogen and oxygen atoms in total. The highest BCUT2D eigenvalue weighted by atomic mass is 35.5. The third-order valence-corrected chi connectivity index (χ3v) is 1.62. The third-order valence-electron chi connectivity index (χ3n) is 1.62. The van der Waals surface area contributed by atoms with Gasteiger partial charge in [-0.05, 0) is 0 Å². The topological polar surface area (TPSA) is 133 Å². The Labute approximate surface area is 94.7 Å². The lowest BCUT2D eigenvalue weighted by molar-refractivity contribution is -0.0990. The zero-order valence-corrected chi connectivity index (χ0v) is 9.12. The first-order chi connectivity index (χ1) is 5.54. The Morgan fingerprint density at radius 2 is 0.929 bits per heavy atom. The maximum absolute atomic E-state index is 9.09. The molecule has 0 amide bonds. The molecule has 0 unspecified atom stereocenters. The number of aliphatic hydroxyl groups is 4. The summed E-state index contributed by atoms with van der Waals surface area (Å²) >= 11 is 0. The van der Waals surface area contributed by atoms with Crippen LogP contribution in [0, 0.1) is 0 Å². The van der Waals surface area contributed by atoms with Crippen molar-refractivity contribution in [1.82, 2.24) is 0 Å². The summed E-state index contributed by atoms with van der Waals surface area (Å²) in [6, 6.07) is 0. The second-order valence-corrected chi connectivity index (χ2v) is 2.59. The highest BCUT2D eigenvalue weighted by Gasteiger charge is 2.28. The highest BCUT2D eigenvalue weighted by molar-refractivity contribution is 5.85. The summed E-state index contributed by atoms with van der Waals surface area (Å²) in [6.07, 6.45) is -5.43. The predicted molar refractivity (Wildman–Crippen MR) is 56.6 cm³/mol. The van der Waals surface area contributed by atoms with Gasteiger partial charge in [-0.1, -0.05) is 0 Å². The summed E-state index contributed by atoms with van der Waals surface area (Å²) in [6.45, 7) is -0.370. The highest BCUT2D eigenvalue weighted by Crippen LogP contribution is 2.03. The Hall–Kier alpha value is 0.340. The standard InChI is InChI=1S/C6H16N2O4.2ClH/c7-1-3(9)5(11)6(12)4(10)2-8;;/h3-6,9-12H,1-2,7-8H2;2*1H/t3-,4+,5-,6-;;/m1../s1. The van der Waals surface area contributed by atoms with E-state index in [-0.39, 0.29) is 37.9 Å². The fraction of sp³-hybridized carbons (Fsp3) is 1.00. The van der Waals surface area contributed by atoms with Crippen LogP contribution in [0.4, 0.5) is 0 Å². The average molecular weight is 253 g/mol. The molecule has 8 heteroatoms. The number of rotatable bonds is 5. The maximum Gasteiger partial charge on any atom is 0.110 e. The monoisotopic (exact) mass is 252 g/mol. The Morgan fingerprint density at radius 1 is 0.714 bits per heavy atom. The fourth-order valence-corrected chi connectivity index (χ4v) is 0.734. The second-order valence-electron chi connectivity index (χ2n) is 2.59. The van der Waals surface area contributed by atoms with E-state index >= 15 is 0 Å². The van der Waals surface area contributed by atoms with Gasteiger partial charge in [-0.3, -0.25) is 0 Å². The van der Waals surface area contributed by atoms with Gasteiger partial charge in [-0.2, -0.15) is 0 Å². The van der Waals surface area contributed by atoms with Gasteiger partial charge in [0.1, 0.15) is 12.2 Å².